The number of amides is 2. The topological polar surface area (TPSA) is 62.3 Å². The van der Waals surface area contributed by atoms with Crippen molar-refractivity contribution in [2.45, 2.75) is 45.2 Å². The molecule has 1 aliphatic rings. The van der Waals surface area contributed by atoms with Crippen molar-refractivity contribution < 1.29 is 14.0 Å². The molecular formula is C17H22FN3O2. The smallest absolute Gasteiger partial charge is 0.245 e. The predicted octanol–water partition coefficient (Wildman–Crippen LogP) is 2.14. The number of aromatic nitrogens is 1. The van der Waals surface area contributed by atoms with Gasteiger partial charge in [0.25, 0.3) is 0 Å². The highest BCUT2D eigenvalue weighted by molar-refractivity contribution is 5.95. The Morgan fingerprint density at radius 3 is 2.91 bits per heavy atom. The summed E-state index contributed by atoms with van der Waals surface area (Å²) >= 11 is 0. The third-order valence-electron chi connectivity index (χ3n) is 3.97. The lowest BCUT2D eigenvalue weighted by atomic mass is 10.0. The molecule has 0 spiro atoms. The summed E-state index contributed by atoms with van der Waals surface area (Å²) in [6.07, 6.45) is 8.43. The molecule has 0 saturated carbocycles. The summed E-state index contributed by atoms with van der Waals surface area (Å²) < 4.78 is 13.0. The van der Waals surface area contributed by atoms with Gasteiger partial charge in [-0.15, -0.1) is 0 Å². The van der Waals surface area contributed by atoms with E-state index in [1.54, 1.807) is 6.92 Å². The molecule has 2 amide bonds. The van der Waals surface area contributed by atoms with Crippen LogP contribution < -0.4 is 5.32 Å². The van der Waals surface area contributed by atoms with Crippen LogP contribution in [-0.2, 0) is 9.59 Å². The minimum Gasteiger partial charge on any atom is -0.341 e. The Morgan fingerprint density at radius 2 is 2.22 bits per heavy atom. The maximum Gasteiger partial charge on any atom is 0.245 e. The van der Waals surface area contributed by atoms with Gasteiger partial charge in [-0.05, 0) is 50.8 Å². The molecule has 2 heterocycles. The van der Waals surface area contributed by atoms with E-state index in [0.717, 1.165) is 32.0 Å². The van der Waals surface area contributed by atoms with Crippen LogP contribution in [0, 0.1) is 5.82 Å². The van der Waals surface area contributed by atoms with E-state index in [-0.39, 0.29) is 17.9 Å². The van der Waals surface area contributed by atoms with E-state index in [0.29, 0.717) is 5.56 Å². The number of halogens is 1. The minimum absolute atomic E-state index is 0.0635. The Balaban J connectivity index is 1.90. The Morgan fingerprint density at radius 1 is 1.43 bits per heavy atom. The number of hydrogen-bond donors (Lipinski definition) is 1. The summed E-state index contributed by atoms with van der Waals surface area (Å²) in [4.78, 5) is 29.8. The first-order valence-corrected chi connectivity index (χ1v) is 7.87. The molecule has 1 aromatic rings. The second-order valence-corrected chi connectivity index (χ2v) is 5.88. The molecule has 1 saturated heterocycles. The van der Waals surface area contributed by atoms with Gasteiger partial charge in [-0.1, -0.05) is 0 Å². The monoisotopic (exact) mass is 319 g/mol. The molecular weight excluding hydrogens is 297 g/mol. The molecule has 2 rings (SSSR count). The van der Waals surface area contributed by atoms with Gasteiger partial charge in [0.05, 0.1) is 6.20 Å². The quantitative estimate of drug-likeness (QED) is 0.865. The van der Waals surface area contributed by atoms with Crippen LogP contribution in [0.15, 0.2) is 24.5 Å². The summed E-state index contributed by atoms with van der Waals surface area (Å²) in [6, 6.07) is 0.906. The zero-order chi connectivity index (χ0) is 16.8. The molecule has 0 radical (unpaired) electrons. The fourth-order valence-electron chi connectivity index (χ4n) is 2.69. The van der Waals surface area contributed by atoms with Gasteiger partial charge < -0.3 is 10.2 Å². The zero-order valence-electron chi connectivity index (χ0n) is 13.5. The third-order valence-corrected chi connectivity index (χ3v) is 3.97. The summed E-state index contributed by atoms with van der Waals surface area (Å²) in [6.45, 7) is 4.45. The van der Waals surface area contributed by atoms with Crippen molar-refractivity contribution in [1.82, 2.24) is 15.2 Å². The number of nitrogens with one attached hydrogen (secondary N) is 1. The molecule has 1 fully saturated rings. The highest BCUT2D eigenvalue weighted by atomic mass is 19.1. The van der Waals surface area contributed by atoms with Crippen molar-refractivity contribution in [2.75, 3.05) is 6.54 Å². The predicted molar refractivity (Wildman–Crippen MR) is 85.9 cm³/mol. The van der Waals surface area contributed by atoms with Crippen molar-refractivity contribution in [2.24, 2.45) is 0 Å². The minimum atomic E-state index is -0.585. The van der Waals surface area contributed by atoms with Crippen LogP contribution in [0.4, 0.5) is 4.39 Å². The van der Waals surface area contributed by atoms with E-state index < -0.39 is 11.9 Å². The number of nitrogens with zero attached hydrogens (tertiary/aromatic N) is 2. The second-order valence-electron chi connectivity index (χ2n) is 5.88. The zero-order valence-corrected chi connectivity index (χ0v) is 13.5. The van der Waals surface area contributed by atoms with Crippen molar-refractivity contribution >= 4 is 17.9 Å². The Labute approximate surface area is 135 Å². The van der Waals surface area contributed by atoms with E-state index in [2.05, 4.69) is 10.3 Å². The van der Waals surface area contributed by atoms with E-state index in [9.17, 15) is 14.0 Å². The van der Waals surface area contributed by atoms with Crippen molar-refractivity contribution in [3.05, 3.63) is 35.9 Å². The average Bonchev–Trinajstić information content (AvgIpc) is 2.53. The van der Waals surface area contributed by atoms with Crippen LogP contribution in [0.1, 0.15) is 38.7 Å². The van der Waals surface area contributed by atoms with Gasteiger partial charge in [0.15, 0.2) is 0 Å². The molecule has 23 heavy (non-hydrogen) atoms. The van der Waals surface area contributed by atoms with Gasteiger partial charge in [0, 0.05) is 24.9 Å². The van der Waals surface area contributed by atoms with Gasteiger partial charge in [-0.3, -0.25) is 14.6 Å². The van der Waals surface area contributed by atoms with Crippen LogP contribution in [0.2, 0.25) is 0 Å². The maximum absolute atomic E-state index is 13.0. The Bertz CT molecular complexity index is 603. The normalized spacial score (nSPS) is 19.6. The van der Waals surface area contributed by atoms with Crippen molar-refractivity contribution in [3.63, 3.8) is 0 Å². The molecule has 0 aliphatic carbocycles. The molecule has 1 aliphatic heterocycles. The highest BCUT2D eigenvalue weighted by Gasteiger charge is 2.27. The molecule has 124 valence electrons. The summed E-state index contributed by atoms with van der Waals surface area (Å²) in [5.41, 5.74) is 0.490. The Kier molecular flexibility index (Phi) is 5.84. The molecule has 2 atom stereocenters. The van der Waals surface area contributed by atoms with Crippen LogP contribution in [0.3, 0.4) is 0 Å². The number of hydrogen-bond acceptors (Lipinski definition) is 3. The van der Waals surface area contributed by atoms with Crippen molar-refractivity contribution in [3.8, 4) is 0 Å². The molecule has 1 N–H and O–H groups in total. The molecule has 0 unspecified atom stereocenters. The lowest BCUT2D eigenvalue weighted by Crippen LogP contribution is -2.51. The van der Waals surface area contributed by atoms with Crippen LogP contribution >= 0.6 is 0 Å². The number of likely N-dealkylation sites (tertiary alicyclic amines) is 1. The van der Waals surface area contributed by atoms with Crippen LogP contribution in [0.25, 0.3) is 6.08 Å². The number of piperidine rings is 1. The Hall–Kier alpha value is -2.24. The molecule has 0 aromatic carbocycles. The third kappa shape index (κ3) is 4.87. The van der Waals surface area contributed by atoms with Gasteiger partial charge >= 0.3 is 0 Å². The number of rotatable bonds is 4. The van der Waals surface area contributed by atoms with Gasteiger partial charge in [-0.2, -0.15) is 0 Å². The summed E-state index contributed by atoms with van der Waals surface area (Å²) in [5, 5.41) is 2.65. The first-order chi connectivity index (χ1) is 11.0. The largest absolute Gasteiger partial charge is 0.341 e. The lowest BCUT2D eigenvalue weighted by Gasteiger charge is -2.35. The number of carbonyl (C=O) groups excluding carboxylic acids is 2. The molecule has 0 bridgehead atoms. The van der Waals surface area contributed by atoms with E-state index in [1.807, 2.05) is 11.8 Å². The summed E-state index contributed by atoms with van der Waals surface area (Å²) in [7, 11) is 0. The summed E-state index contributed by atoms with van der Waals surface area (Å²) in [5.74, 6) is -0.915. The first-order valence-electron chi connectivity index (χ1n) is 7.87. The van der Waals surface area contributed by atoms with E-state index in [4.69, 9.17) is 0 Å². The SMILES string of the molecule is C[C@H](NC(=O)/C=C/c1cncc(F)c1)C(=O)N1CCCC[C@H]1C. The number of pyridine rings is 1. The maximum atomic E-state index is 13.0. The average molecular weight is 319 g/mol. The molecule has 6 heteroatoms. The second kappa shape index (κ2) is 7.85. The van der Waals surface area contributed by atoms with Crippen LogP contribution in [-0.4, -0.2) is 40.3 Å². The van der Waals surface area contributed by atoms with Crippen molar-refractivity contribution in [1.29, 1.82) is 0 Å². The number of carbonyl (C=O) groups is 2. The van der Waals surface area contributed by atoms with Gasteiger partial charge in [-0.25, -0.2) is 4.39 Å². The standard InChI is InChI=1S/C17H22FN3O2/c1-12-5-3-4-8-21(12)17(23)13(2)20-16(22)7-6-14-9-15(18)11-19-10-14/h6-7,9-13H,3-5,8H2,1-2H3,(H,20,22)/b7-6+/t12-,13+/m1/s1. The van der Waals surface area contributed by atoms with E-state index in [1.165, 1.54) is 24.4 Å². The lowest BCUT2D eigenvalue weighted by molar-refractivity contribution is -0.138. The fraction of sp³-hybridized carbons (Fsp3) is 0.471. The van der Waals surface area contributed by atoms with Gasteiger partial charge in [0.2, 0.25) is 11.8 Å². The molecule has 1 aromatic heterocycles. The highest BCUT2D eigenvalue weighted by Crippen LogP contribution is 2.17. The fourth-order valence-corrected chi connectivity index (χ4v) is 2.69. The van der Waals surface area contributed by atoms with E-state index >= 15 is 0 Å². The van der Waals surface area contributed by atoms with Gasteiger partial charge in [0.1, 0.15) is 11.9 Å². The first kappa shape index (κ1) is 17.1. The van der Waals surface area contributed by atoms with Crippen LogP contribution in [0.5, 0.6) is 0 Å². The molecule has 5 nitrogen and oxygen atoms in total.